The molecule has 0 atom stereocenters. The third-order valence-electron chi connectivity index (χ3n) is 4.83. The number of aliphatic imine (C=N–C) groups is 1. The van der Waals surface area contributed by atoms with Crippen LogP contribution >= 0.6 is 35.1 Å². The molecule has 0 radical (unpaired) electrons. The van der Waals surface area contributed by atoms with E-state index < -0.39 is 0 Å². The lowest BCUT2D eigenvalue weighted by Crippen LogP contribution is -2.30. The average Bonchev–Trinajstić information content (AvgIpc) is 3.11. The van der Waals surface area contributed by atoms with Crippen LogP contribution in [0.2, 0.25) is 5.02 Å². The monoisotopic (exact) mass is 494 g/mol. The maximum atomic E-state index is 13.1. The maximum absolute atomic E-state index is 13.1. The second kappa shape index (κ2) is 11.6. The number of para-hydroxylation sites is 1. The molecule has 0 bridgehead atoms. The van der Waals surface area contributed by atoms with Crippen LogP contribution in [0.3, 0.4) is 0 Å². The van der Waals surface area contributed by atoms with Crippen molar-refractivity contribution in [3.05, 3.63) is 94.4 Å². The minimum absolute atomic E-state index is 0.0228. The molecule has 33 heavy (non-hydrogen) atoms. The van der Waals surface area contributed by atoms with Crippen LogP contribution in [0.5, 0.6) is 0 Å². The van der Waals surface area contributed by atoms with E-state index in [4.69, 9.17) is 21.3 Å². The van der Waals surface area contributed by atoms with Crippen molar-refractivity contribution in [3.63, 3.8) is 0 Å². The van der Waals surface area contributed by atoms with Gasteiger partial charge in [-0.05, 0) is 78.4 Å². The van der Waals surface area contributed by atoms with E-state index in [-0.39, 0.29) is 5.91 Å². The molecule has 0 N–H and O–H groups in total. The van der Waals surface area contributed by atoms with Crippen molar-refractivity contribution in [2.24, 2.45) is 4.99 Å². The topological polar surface area (TPSA) is 41.9 Å². The molecule has 0 aromatic heterocycles. The summed E-state index contributed by atoms with van der Waals surface area (Å²) in [6.07, 6.45) is 2.68. The summed E-state index contributed by atoms with van der Waals surface area (Å²) in [7, 11) is 1.67. The number of amides is 1. The number of benzene rings is 3. The first-order valence-electron chi connectivity index (χ1n) is 10.5. The minimum Gasteiger partial charge on any atom is -0.385 e. The first-order valence-corrected chi connectivity index (χ1v) is 12.5. The van der Waals surface area contributed by atoms with Gasteiger partial charge in [-0.15, -0.1) is 0 Å². The standard InChI is InChI=1S/C26H23ClN2O2S2/c1-31-17-5-16-29-25(30)24(33-26(29)28-21-6-3-2-4-7-21)18-19-8-12-22(13-9-19)32-23-14-10-20(27)11-15-23/h2-4,6-15,18H,5,16-17H2,1H3/b24-18-,28-26?. The highest BCUT2D eigenvalue weighted by molar-refractivity contribution is 8.18. The van der Waals surface area contributed by atoms with Gasteiger partial charge in [-0.2, -0.15) is 0 Å². The van der Waals surface area contributed by atoms with Crippen molar-refractivity contribution in [2.45, 2.75) is 16.2 Å². The maximum Gasteiger partial charge on any atom is 0.266 e. The number of carbonyl (C=O) groups excluding carboxylic acids is 1. The van der Waals surface area contributed by atoms with E-state index in [0.29, 0.717) is 23.2 Å². The third-order valence-corrected chi connectivity index (χ3v) is 7.10. The molecular formula is C26H23ClN2O2S2. The number of rotatable bonds is 8. The number of hydrogen-bond donors (Lipinski definition) is 0. The molecule has 3 aromatic carbocycles. The van der Waals surface area contributed by atoms with Gasteiger partial charge in [0.25, 0.3) is 5.91 Å². The number of methoxy groups -OCH3 is 1. The van der Waals surface area contributed by atoms with E-state index in [2.05, 4.69) is 12.1 Å². The van der Waals surface area contributed by atoms with Gasteiger partial charge in [0, 0.05) is 35.1 Å². The lowest BCUT2D eigenvalue weighted by atomic mass is 10.2. The highest BCUT2D eigenvalue weighted by Gasteiger charge is 2.33. The van der Waals surface area contributed by atoms with Gasteiger partial charge >= 0.3 is 0 Å². The number of amidine groups is 1. The predicted octanol–water partition coefficient (Wildman–Crippen LogP) is 7.13. The van der Waals surface area contributed by atoms with Crippen molar-refractivity contribution >= 4 is 58.0 Å². The first kappa shape index (κ1) is 23.6. The molecule has 0 aliphatic carbocycles. The highest BCUT2D eigenvalue weighted by Crippen LogP contribution is 2.35. The smallest absolute Gasteiger partial charge is 0.266 e. The zero-order valence-electron chi connectivity index (χ0n) is 18.1. The van der Waals surface area contributed by atoms with Crippen LogP contribution in [0, 0.1) is 0 Å². The lowest BCUT2D eigenvalue weighted by Gasteiger charge is -2.15. The molecule has 1 heterocycles. The van der Waals surface area contributed by atoms with Gasteiger partial charge in [-0.3, -0.25) is 9.69 Å². The van der Waals surface area contributed by atoms with Gasteiger partial charge in [-0.25, -0.2) is 4.99 Å². The summed E-state index contributed by atoms with van der Waals surface area (Å²) in [6, 6.07) is 25.7. The minimum atomic E-state index is -0.0228. The van der Waals surface area contributed by atoms with Crippen molar-refractivity contribution in [2.75, 3.05) is 20.3 Å². The predicted molar refractivity (Wildman–Crippen MR) is 139 cm³/mol. The molecule has 1 aliphatic heterocycles. The van der Waals surface area contributed by atoms with Gasteiger partial charge in [0.1, 0.15) is 0 Å². The second-order valence-corrected chi connectivity index (χ2v) is 9.86. The van der Waals surface area contributed by atoms with E-state index >= 15 is 0 Å². The van der Waals surface area contributed by atoms with Gasteiger partial charge in [0.15, 0.2) is 5.17 Å². The van der Waals surface area contributed by atoms with E-state index in [0.717, 1.165) is 32.5 Å². The van der Waals surface area contributed by atoms with E-state index in [9.17, 15) is 4.79 Å². The fraction of sp³-hybridized carbons (Fsp3) is 0.154. The normalized spacial score (nSPS) is 16.2. The molecule has 7 heteroatoms. The Kier molecular flexibility index (Phi) is 8.29. The Morgan fingerprint density at radius 3 is 2.33 bits per heavy atom. The second-order valence-electron chi connectivity index (χ2n) is 7.27. The Morgan fingerprint density at radius 2 is 1.67 bits per heavy atom. The van der Waals surface area contributed by atoms with Crippen LogP contribution in [-0.2, 0) is 9.53 Å². The van der Waals surface area contributed by atoms with Gasteiger partial charge in [0.05, 0.1) is 10.6 Å². The molecule has 0 spiro atoms. The molecular weight excluding hydrogens is 472 g/mol. The van der Waals surface area contributed by atoms with Gasteiger partial charge in [0.2, 0.25) is 0 Å². The number of thioether (sulfide) groups is 1. The lowest BCUT2D eigenvalue weighted by molar-refractivity contribution is -0.122. The zero-order chi connectivity index (χ0) is 23.0. The van der Waals surface area contributed by atoms with Crippen LogP contribution in [0.1, 0.15) is 12.0 Å². The van der Waals surface area contributed by atoms with Crippen molar-refractivity contribution < 1.29 is 9.53 Å². The highest BCUT2D eigenvalue weighted by atomic mass is 35.5. The zero-order valence-corrected chi connectivity index (χ0v) is 20.5. The Bertz CT molecular complexity index is 1150. The SMILES string of the molecule is COCCCN1C(=O)/C(=C/c2ccc(Sc3ccc(Cl)cc3)cc2)SC1=Nc1ccccc1. The summed E-state index contributed by atoms with van der Waals surface area (Å²) in [5.41, 5.74) is 1.80. The van der Waals surface area contributed by atoms with Crippen LogP contribution < -0.4 is 0 Å². The summed E-state index contributed by atoms with van der Waals surface area (Å²) in [5, 5.41) is 1.43. The molecule has 0 saturated carbocycles. The fourth-order valence-corrected chi connectivity index (χ4v) is 5.16. The van der Waals surface area contributed by atoms with Crippen LogP contribution in [-0.4, -0.2) is 36.2 Å². The number of carbonyl (C=O) groups is 1. The van der Waals surface area contributed by atoms with Gasteiger partial charge < -0.3 is 4.74 Å². The van der Waals surface area contributed by atoms with Crippen LogP contribution in [0.15, 0.2) is 98.6 Å². The Hall–Kier alpha value is -2.51. The first-order chi connectivity index (χ1) is 16.1. The molecule has 4 nitrogen and oxygen atoms in total. The number of ether oxygens (including phenoxy) is 1. The van der Waals surface area contributed by atoms with Crippen LogP contribution in [0.25, 0.3) is 6.08 Å². The largest absolute Gasteiger partial charge is 0.385 e. The summed E-state index contributed by atoms with van der Waals surface area (Å²) in [4.78, 5) is 22.5. The summed E-state index contributed by atoms with van der Waals surface area (Å²) >= 11 is 9.05. The quantitative estimate of drug-likeness (QED) is 0.246. The van der Waals surface area contributed by atoms with E-state index in [1.165, 1.54) is 11.8 Å². The Labute approximate surface area is 207 Å². The Balaban J connectivity index is 1.52. The van der Waals surface area contributed by atoms with Crippen molar-refractivity contribution in [1.82, 2.24) is 4.90 Å². The Morgan fingerprint density at radius 1 is 1.00 bits per heavy atom. The molecule has 1 aliphatic rings. The van der Waals surface area contributed by atoms with Crippen LogP contribution in [0.4, 0.5) is 5.69 Å². The third kappa shape index (κ3) is 6.51. The molecule has 0 unspecified atom stereocenters. The average molecular weight is 495 g/mol. The molecule has 1 saturated heterocycles. The number of hydrogen-bond acceptors (Lipinski definition) is 5. The molecule has 3 aromatic rings. The molecule has 168 valence electrons. The summed E-state index contributed by atoms with van der Waals surface area (Å²) in [5.74, 6) is -0.0228. The van der Waals surface area contributed by atoms with E-state index in [1.807, 2.05) is 72.8 Å². The van der Waals surface area contributed by atoms with Gasteiger partial charge in [-0.1, -0.05) is 53.7 Å². The summed E-state index contributed by atoms with van der Waals surface area (Å²) in [6.45, 7) is 1.16. The number of halogens is 1. The molecule has 4 rings (SSSR count). The molecule has 1 fully saturated rings. The fourth-order valence-electron chi connectivity index (χ4n) is 3.19. The summed E-state index contributed by atoms with van der Waals surface area (Å²) < 4.78 is 5.16. The molecule has 1 amide bonds. The van der Waals surface area contributed by atoms with Crippen molar-refractivity contribution in [3.8, 4) is 0 Å². The number of nitrogens with zero attached hydrogens (tertiary/aromatic N) is 2. The van der Waals surface area contributed by atoms with E-state index in [1.54, 1.807) is 23.8 Å². The van der Waals surface area contributed by atoms with Crippen molar-refractivity contribution in [1.29, 1.82) is 0 Å².